The first kappa shape index (κ1) is 15.2. The fraction of sp³-hybridized carbons (Fsp3) is 0.143. The van der Waals surface area contributed by atoms with Crippen molar-refractivity contribution >= 4 is 23.2 Å². The molecule has 0 saturated heterocycles. The molecular weight excluding hydrogens is 312 g/mol. The first-order valence-corrected chi connectivity index (χ1v) is 6.40. The second-order valence-electron chi connectivity index (χ2n) is 4.25. The molecule has 0 aromatic heterocycles. The summed E-state index contributed by atoms with van der Waals surface area (Å²) in [5.41, 5.74) is 0.501. The summed E-state index contributed by atoms with van der Waals surface area (Å²) in [4.78, 5) is 0. The molecule has 0 heterocycles. The van der Waals surface area contributed by atoms with Gasteiger partial charge in [0.05, 0.1) is 6.10 Å². The number of hydrogen-bond donors (Lipinski definition) is 1. The van der Waals surface area contributed by atoms with E-state index in [0.717, 1.165) is 12.1 Å². The number of rotatable bonds is 3. The van der Waals surface area contributed by atoms with Gasteiger partial charge in [-0.05, 0) is 35.4 Å². The van der Waals surface area contributed by atoms with E-state index in [1.807, 2.05) is 0 Å². The molecule has 0 bridgehead atoms. The van der Waals surface area contributed by atoms with Gasteiger partial charge < -0.3 is 5.11 Å². The largest absolute Gasteiger partial charge is 0.388 e. The van der Waals surface area contributed by atoms with E-state index in [1.165, 1.54) is 6.07 Å². The minimum absolute atomic E-state index is 0.0283. The van der Waals surface area contributed by atoms with Crippen LogP contribution in [0.1, 0.15) is 17.2 Å². The van der Waals surface area contributed by atoms with Crippen LogP contribution in [-0.2, 0) is 6.42 Å². The topological polar surface area (TPSA) is 20.2 Å². The number of benzene rings is 2. The van der Waals surface area contributed by atoms with E-state index in [-0.39, 0.29) is 12.0 Å². The third-order valence-electron chi connectivity index (χ3n) is 2.82. The number of hydrogen-bond acceptors (Lipinski definition) is 1. The molecule has 2 aromatic carbocycles. The molecule has 0 aliphatic carbocycles. The fourth-order valence-electron chi connectivity index (χ4n) is 1.78. The van der Waals surface area contributed by atoms with Crippen molar-refractivity contribution in [3.05, 3.63) is 69.0 Å². The van der Waals surface area contributed by atoms with Crippen LogP contribution < -0.4 is 0 Å². The first-order valence-electron chi connectivity index (χ1n) is 5.65. The Morgan fingerprint density at radius 3 is 2.15 bits per heavy atom. The molecule has 0 aliphatic rings. The maximum atomic E-state index is 13.1. The Labute approximate surface area is 123 Å². The number of halogens is 5. The van der Waals surface area contributed by atoms with Crippen molar-refractivity contribution in [2.45, 2.75) is 12.5 Å². The van der Waals surface area contributed by atoms with E-state index in [2.05, 4.69) is 0 Å². The van der Waals surface area contributed by atoms with E-state index in [9.17, 15) is 18.3 Å². The monoisotopic (exact) mass is 320 g/mol. The van der Waals surface area contributed by atoms with Gasteiger partial charge in [0.25, 0.3) is 0 Å². The third-order valence-corrected chi connectivity index (χ3v) is 3.41. The summed E-state index contributed by atoms with van der Waals surface area (Å²) in [5.74, 6) is -4.26. The van der Waals surface area contributed by atoms with E-state index in [1.54, 1.807) is 12.1 Å². The summed E-state index contributed by atoms with van der Waals surface area (Å²) >= 11 is 11.7. The summed E-state index contributed by atoms with van der Waals surface area (Å²) in [6, 6.07) is 6.20. The molecule has 0 spiro atoms. The van der Waals surface area contributed by atoms with Crippen LogP contribution in [-0.4, -0.2) is 5.11 Å². The highest BCUT2D eigenvalue weighted by Crippen LogP contribution is 2.27. The first-order chi connectivity index (χ1) is 9.38. The zero-order valence-electron chi connectivity index (χ0n) is 10.0. The van der Waals surface area contributed by atoms with Gasteiger partial charge in [-0.25, -0.2) is 13.2 Å². The fourth-order valence-corrected chi connectivity index (χ4v) is 2.27. The lowest BCUT2D eigenvalue weighted by Gasteiger charge is -2.13. The van der Waals surface area contributed by atoms with E-state index >= 15 is 0 Å². The number of aliphatic hydroxyl groups is 1. The average molecular weight is 321 g/mol. The molecule has 2 aromatic rings. The third kappa shape index (κ3) is 3.26. The van der Waals surface area contributed by atoms with Gasteiger partial charge in [-0.2, -0.15) is 0 Å². The van der Waals surface area contributed by atoms with Gasteiger partial charge in [0, 0.05) is 16.5 Å². The highest BCUT2D eigenvalue weighted by molar-refractivity contribution is 6.35. The minimum Gasteiger partial charge on any atom is -0.388 e. The Morgan fingerprint density at radius 2 is 1.60 bits per heavy atom. The molecule has 0 fully saturated rings. The van der Waals surface area contributed by atoms with Crippen LogP contribution in [0, 0.1) is 17.5 Å². The predicted molar refractivity (Wildman–Crippen MR) is 71.4 cm³/mol. The molecule has 0 aliphatic heterocycles. The molecule has 1 atom stereocenters. The Hall–Kier alpha value is -1.23. The second-order valence-corrected chi connectivity index (χ2v) is 5.10. The molecule has 0 amide bonds. The second kappa shape index (κ2) is 6.04. The Morgan fingerprint density at radius 1 is 1.00 bits per heavy atom. The van der Waals surface area contributed by atoms with Crippen molar-refractivity contribution in [1.29, 1.82) is 0 Å². The lowest BCUT2D eigenvalue weighted by atomic mass is 10.0. The summed E-state index contributed by atoms with van der Waals surface area (Å²) in [6.07, 6.45) is -1.18. The van der Waals surface area contributed by atoms with Gasteiger partial charge in [0.1, 0.15) is 0 Å². The minimum atomic E-state index is -1.56. The van der Waals surface area contributed by atoms with Crippen molar-refractivity contribution < 1.29 is 18.3 Å². The van der Waals surface area contributed by atoms with Crippen LogP contribution in [0.2, 0.25) is 10.0 Å². The highest BCUT2D eigenvalue weighted by atomic mass is 35.5. The maximum absolute atomic E-state index is 13.1. The van der Waals surface area contributed by atoms with Gasteiger partial charge in [-0.3, -0.25) is 0 Å². The van der Waals surface area contributed by atoms with E-state index in [0.29, 0.717) is 15.6 Å². The summed E-state index contributed by atoms with van der Waals surface area (Å²) in [7, 11) is 0. The van der Waals surface area contributed by atoms with Crippen LogP contribution in [0.25, 0.3) is 0 Å². The highest BCUT2D eigenvalue weighted by Gasteiger charge is 2.17. The lowest BCUT2D eigenvalue weighted by Crippen LogP contribution is -2.05. The van der Waals surface area contributed by atoms with Gasteiger partial charge in [0.15, 0.2) is 17.5 Å². The molecule has 0 saturated carbocycles. The van der Waals surface area contributed by atoms with Gasteiger partial charge in [-0.15, -0.1) is 0 Å². The van der Waals surface area contributed by atoms with Crippen molar-refractivity contribution in [3.63, 3.8) is 0 Å². The maximum Gasteiger partial charge on any atom is 0.194 e. The Kier molecular flexibility index (Phi) is 4.58. The molecule has 0 radical (unpaired) electrons. The Bertz CT molecular complexity index is 623. The van der Waals surface area contributed by atoms with Crippen molar-refractivity contribution in [1.82, 2.24) is 0 Å². The standard InChI is InChI=1S/C14H9Cl2F3O/c15-9-2-1-7(10(16)6-9)5-13(20)8-3-11(17)14(19)12(18)4-8/h1-4,6,13,20H,5H2. The molecule has 1 nitrogen and oxygen atoms in total. The molecule has 1 unspecified atom stereocenters. The normalized spacial score (nSPS) is 12.5. The van der Waals surface area contributed by atoms with Gasteiger partial charge >= 0.3 is 0 Å². The van der Waals surface area contributed by atoms with Crippen LogP contribution in [0.5, 0.6) is 0 Å². The molecule has 2 rings (SSSR count). The summed E-state index contributed by atoms with van der Waals surface area (Å²) < 4.78 is 39.0. The van der Waals surface area contributed by atoms with Crippen molar-refractivity contribution in [2.24, 2.45) is 0 Å². The van der Waals surface area contributed by atoms with Crippen LogP contribution in [0.4, 0.5) is 13.2 Å². The van der Waals surface area contributed by atoms with Crippen LogP contribution in [0.3, 0.4) is 0 Å². The molecule has 6 heteroatoms. The predicted octanol–water partition coefficient (Wildman–Crippen LogP) is 4.69. The SMILES string of the molecule is OC(Cc1ccc(Cl)cc1Cl)c1cc(F)c(F)c(F)c1. The van der Waals surface area contributed by atoms with E-state index in [4.69, 9.17) is 23.2 Å². The molecule has 106 valence electrons. The Balaban J connectivity index is 2.26. The van der Waals surface area contributed by atoms with Crippen molar-refractivity contribution in [3.8, 4) is 0 Å². The zero-order chi connectivity index (χ0) is 14.9. The zero-order valence-corrected chi connectivity index (χ0v) is 11.5. The van der Waals surface area contributed by atoms with Gasteiger partial charge in [-0.1, -0.05) is 29.3 Å². The molecule has 1 N–H and O–H groups in total. The average Bonchev–Trinajstić information content (AvgIpc) is 2.38. The lowest BCUT2D eigenvalue weighted by molar-refractivity contribution is 0.177. The number of aliphatic hydroxyl groups excluding tert-OH is 1. The molecular formula is C14H9Cl2F3O. The summed E-state index contributed by atoms with van der Waals surface area (Å²) in [5, 5.41) is 10.7. The van der Waals surface area contributed by atoms with E-state index < -0.39 is 23.6 Å². The summed E-state index contributed by atoms with van der Waals surface area (Å²) in [6.45, 7) is 0. The van der Waals surface area contributed by atoms with Gasteiger partial charge in [0.2, 0.25) is 0 Å². The molecule has 20 heavy (non-hydrogen) atoms. The quantitative estimate of drug-likeness (QED) is 0.814. The smallest absolute Gasteiger partial charge is 0.194 e. The van der Waals surface area contributed by atoms with Crippen LogP contribution >= 0.6 is 23.2 Å². The van der Waals surface area contributed by atoms with Crippen LogP contribution in [0.15, 0.2) is 30.3 Å². The van der Waals surface area contributed by atoms with Crippen molar-refractivity contribution in [2.75, 3.05) is 0 Å².